The fourth-order valence-electron chi connectivity index (χ4n) is 6.25. The van der Waals surface area contributed by atoms with Gasteiger partial charge >= 0.3 is 0 Å². The monoisotopic (exact) mass is 535 g/mol. The van der Waals surface area contributed by atoms with E-state index < -0.39 is 0 Å². The molecule has 0 bridgehead atoms. The first-order valence-electron chi connectivity index (χ1n) is 13.9. The number of fused-ring (bicyclic) bond motifs is 8. The topological polar surface area (TPSA) is 64.5 Å². The van der Waals surface area contributed by atoms with E-state index in [0.29, 0.717) is 0 Å². The summed E-state index contributed by atoms with van der Waals surface area (Å²) in [6.45, 7) is 0. The van der Waals surface area contributed by atoms with Crippen LogP contribution in [0, 0.1) is 0 Å². The summed E-state index contributed by atoms with van der Waals surface area (Å²) in [5.74, 6) is 0. The van der Waals surface area contributed by atoms with Crippen molar-refractivity contribution in [1.82, 2.24) is 24.9 Å². The van der Waals surface area contributed by atoms with Crippen molar-refractivity contribution >= 4 is 65.4 Å². The summed E-state index contributed by atoms with van der Waals surface area (Å²) in [6, 6.07) is 37.6. The van der Waals surface area contributed by atoms with Crippen LogP contribution in [0.2, 0.25) is 0 Å². The van der Waals surface area contributed by atoms with Gasteiger partial charge in [-0.1, -0.05) is 78.9 Å². The summed E-state index contributed by atoms with van der Waals surface area (Å²) < 4.78 is 0. The van der Waals surface area contributed by atoms with Gasteiger partial charge in [-0.25, -0.2) is 9.97 Å². The molecule has 0 amide bonds. The first kappa shape index (κ1) is 22.9. The third kappa shape index (κ3) is 3.34. The zero-order chi connectivity index (χ0) is 27.6. The van der Waals surface area contributed by atoms with E-state index in [4.69, 9.17) is 19.9 Å². The molecule has 0 fully saturated rings. The van der Waals surface area contributed by atoms with Gasteiger partial charge in [-0.05, 0) is 30.3 Å². The van der Waals surface area contributed by atoms with Gasteiger partial charge in [0.05, 0.1) is 38.8 Å². The van der Waals surface area contributed by atoms with Crippen LogP contribution in [0.15, 0.2) is 128 Å². The normalized spacial score (nSPS) is 11.8. The number of para-hydroxylation sites is 1. The molecule has 5 nitrogen and oxygen atoms in total. The van der Waals surface area contributed by atoms with Crippen molar-refractivity contribution < 1.29 is 0 Å². The Kier molecular flexibility index (Phi) is 4.83. The predicted molar refractivity (Wildman–Crippen MR) is 171 cm³/mol. The molecule has 0 N–H and O–H groups in total. The third-order valence-electron chi connectivity index (χ3n) is 8.17. The molecule has 0 aliphatic heterocycles. The lowest BCUT2D eigenvalue weighted by Crippen LogP contribution is -1.95. The lowest BCUT2D eigenvalue weighted by Gasteiger charge is -2.16. The van der Waals surface area contributed by atoms with Crippen LogP contribution in [-0.4, -0.2) is 24.9 Å². The summed E-state index contributed by atoms with van der Waals surface area (Å²) in [7, 11) is 0. The van der Waals surface area contributed by atoms with Crippen molar-refractivity contribution in [3.8, 4) is 22.4 Å². The minimum Gasteiger partial charge on any atom is -0.256 e. The van der Waals surface area contributed by atoms with Gasteiger partial charge in [-0.2, -0.15) is 0 Å². The highest BCUT2D eigenvalue weighted by molar-refractivity contribution is 6.19. The molecule has 0 saturated heterocycles. The van der Waals surface area contributed by atoms with Crippen molar-refractivity contribution in [3.05, 3.63) is 128 Å². The molecule has 0 spiro atoms. The Labute approximate surface area is 240 Å². The lowest BCUT2D eigenvalue weighted by molar-refractivity contribution is 1.37. The smallest absolute Gasteiger partial charge is 0.0978 e. The highest BCUT2D eigenvalue weighted by atomic mass is 14.8. The summed E-state index contributed by atoms with van der Waals surface area (Å²) >= 11 is 0. The quantitative estimate of drug-likeness (QED) is 0.163. The van der Waals surface area contributed by atoms with Crippen molar-refractivity contribution in [3.63, 3.8) is 0 Å². The average Bonchev–Trinajstić information content (AvgIpc) is 3.06. The summed E-state index contributed by atoms with van der Waals surface area (Å²) in [6.07, 6.45) is 5.52. The van der Waals surface area contributed by atoms with Crippen LogP contribution < -0.4 is 0 Å². The molecule has 5 aromatic heterocycles. The number of nitrogens with zero attached hydrogens (tertiary/aromatic N) is 5. The molecule has 0 unspecified atom stereocenters. The van der Waals surface area contributed by atoms with E-state index in [0.717, 1.165) is 87.8 Å². The molecular formula is C37H21N5. The Hall–Kier alpha value is -5.81. The third-order valence-corrected chi connectivity index (χ3v) is 8.17. The maximum Gasteiger partial charge on any atom is 0.0978 e. The minimum atomic E-state index is 0.893. The van der Waals surface area contributed by atoms with Crippen molar-refractivity contribution in [2.24, 2.45) is 0 Å². The molecule has 0 radical (unpaired) electrons. The van der Waals surface area contributed by atoms with Crippen molar-refractivity contribution in [2.75, 3.05) is 0 Å². The Morgan fingerprint density at radius 2 is 0.976 bits per heavy atom. The summed E-state index contributed by atoms with van der Waals surface area (Å²) in [5, 5.41) is 6.40. The van der Waals surface area contributed by atoms with Crippen LogP contribution in [0.1, 0.15) is 0 Å². The van der Waals surface area contributed by atoms with Gasteiger partial charge in [-0.3, -0.25) is 15.0 Å². The molecule has 5 heterocycles. The molecule has 0 saturated carbocycles. The number of benzene rings is 4. The SMILES string of the molecule is c1cnc2c(c1)ccc1ccc(-c3ccc(-c4c5ccccc5nc5c4ccc4cccnc45)c4ncccc34)nc12. The lowest BCUT2D eigenvalue weighted by atomic mass is 9.91. The Morgan fingerprint density at radius 3 is 1.81 bits per heavy atom. The summed E-state index contributed by atoms with van der Waals surface area (Å²) in [4.78, 5) is 24.6. The van der Waals surface area contributed by atoms with E-state index in [1.54, 1.807) is 0 Å². The zero-order valence-corrected chi connectivity index (χ0v) is 22.4. The first-order valence-corrected chi connectivity index (χ1v) is 13.9. The van der Waals surface area contributed by atoms with E-state index in [1.165, 1.54) is 0 Å². The van der Waals surface area contributed by atoms with Crippen LogP contribution in [-0.2, 0) is 0 Å². The number of pyridine rings is 5. The maximum absolute atomic E-state index is 5.15. The van der Waals surface area contributed by atoms with Crippen LogP contribution in [0.5, 0.6) is 0 Å². The summed E-state index contributed by atoms with van der Waals surface area (Å²) in [5.41, 5.74) is 9.55. The van der Waals surface area contributed by atoms with Crippen molar-refractivity contribution in [1.29, 1.82) is 0 Å². The molecule has 0 aliphatic carbocycles. The molecule has 0 aliphatic rings. The highest BCUT2D eigenvalue weighted by Crippen LogP contribution is 2.41. The van der Waals surface area contributed by atoms with E-state index >= 15 is 0 Å². The molecular weight excluding hydrogens is 514 g/mol. The van der Waals surface area contributed by atoms with Crippen molar-refractivity contribution in [2.45, 2.75) is 0 Å². The van der Waals surface area contributed by atoms with Gasteiger partial charge in [-0.15, -0.1) is 0 Å². The van der Waals surface area contributed by atoms with Crippen LogP contribution >= 0.6 is 0 Å². The second-order valence-corrected chi connectivity index (χ2v) is 10.5. The average molecular weight is 536 g/mol. The number of hydrogen-bond donors (Lipinski definition) is 0. The van der Waals surface area contributed by atoms with Gasteiger partial charge in [0.1, 0.15) is 0 Å². The molecule has 4 aromatic carbocycles. The van der Waals surface area contributed by atoms with Gasteiger partial charge in [0.2, 0.25) is 0 Å². The zero-order valence-electron chi connectivity index (χ0n) is 22.4. The Balaban J connectivity index is 1.35. The Bertz CT molecular complexity index is 2540. The largest absolute Gasteiger partial charge is 0.256 e. The number of hydrogen-bond acceptors (Lipinski definition) is 5. The van der Waals surface area contributed by atoms with E-state index in [9.17, 15) is 0 Å². The Morgan fingerprint density at radius 1 is 0.357 bits per heavy atom. The molecule has 9 aromatic rings. The number of rotatable bonds is 2. The number of aromatic nitrogens is 5. The van der Waals surface area contributed by atoms with Gasteiger partial charge in [0.25, 0.3) is 0 Å². The molecule has 9 rings (SSSR count). The van der Waals surface area contributed by atoms with Gasteiger partial charge in [0, 0.05) is 67.6 Å². The van der Waals surface area contributed by atoms with Crippen LogP contribution in [0.25, 0.3) is 87.8 Å². The molecule has 194 valence electrons. The predicted octanol–water partition coefficient (Wildman–Crippen LogP) is 8.91. The highest BCUT2D eigenvalue weighted by Gasteiger charge is 2.18. The van der Waals surface area contributed by atoms with Crippen LogP contribution in [0.3, 0.4) is 0 Å². The second-order valence-electron chi connectivity index (χ2n) is 10.5. The van der Waals surface area contributed by atoms with Gasteiger partial charge in [0.15, 0.2) is 0 Å². The van der Waals surface area contributed by atoms with Gasteiger partial charge < -0.3 is 0 Å². The molecule has 5 heteroatoms. The fourth-order valence-corrected chi connectivity index (χ4v) is 6.25. The first-order chi connectivity index (χ1) is 20.8. The van der Waals surface area contributed by atoms with E-state index in [-0.39, 0.29) is 0 Å². The maximum atomic E-state index is 5.15. The fraction of sp³-hybridized carbons (Fsp3) is 0. The van der Waals surface area contributed by atoms with E-state index in [2.05, 4.69) is 89.9 Å². The second kappa shape index (κ2) is 8.85. The molecule has 42 heavy (non-hydrogen) atoms. The minimum absolute atomic E-state index is 0.893. The van der Waals surface area contributed by atoms with E-state index in [1.807, 2.05) is 42.9 Å². The standard InChI is InChI=1S/C37H21N5/c1-2-10-30-27(8-1)32(29-15-13-23-7-4-20-39-34(23)37(29)42-30)28-17-16-25(26-9-5-21-40-36(26)28)31-18-14-24-12-11-22-6-3-19-38-33(22)35(24)41-31/h1-21H. The van der Waals surface area contributed by atoms with Crippen LogP contribution in [0.4, 0.5) is 0 Å². The molecule has 0 atom stereocenters.